The van der Waals surface area contributed by atoms with E-state index in [9.17, 15) is 14.7 Å². The third-order valence-corrected chi connectivity index (χ3v) is 3.72. The van der Waals surface area contributed by atoms with Crippen LogP contribution in [0.3, 0.4) is 0 Å². The van der Waals surface area contributed by atoms with Gasteiger partial charge in [0.25, 0.3) is 0 Å². The Morgan fingerprint density at radius 2 is 1.92 bits per heavy atom. The first-order valence-corrected chi connectivity index (χ1v) is 7.30. The zero-order valence-corrected chi connectivity index (χ0v) is 14.2. The molecule has 0 saturated heterocycles. The van der Waals surface area contributed by atoms with E-state index in [1.165, 1.54) is 37.6 Å². The van der Waals surface area contributed by atoms with Crippen molar-refractivity contribution in [3.05, 3.63) is 71.4 Å². The van der Waals surface area contributed by atoms with Crippen LogP contribution in [0.15, 0.2) is 54.7 Å². The van der Waals surface area contributed by atoms with E-state index in [0.29, 0.717) is 16.8 Å². The quantitative estimate of drug-likeness (QED) is 0.368. The van der Waals surface area contributed by atoms with Crippen molar-refractivity contribution in [2.75, 3.05) is 12.4 Å². The molecular weight excluding hydrogens is 370 g/mol. The molecular formula is C19H15CuNO4. The maximum absolute atomic E-state index is 12.2. The molecule has 0 unspecified atom stereocenters. The Morgan fingerprint density at radius 3 is 2.68 bits per heavy atom. The Kier molecular flexibility index (Phi) is 5.80. The number of esters is 1. The molecule has 2 aromatic rings. The molecule has 0 aliphatic heterocycles. The van der Waals surface area contributed by atoms with Crippen LogP contribution in [0, 0.1) is 0 Å². The molecule has 131 valence electrons. The Labute approximate surface area is 155 Å². The topological polar surface area (TPSA) is 75.6 Å². The van der Waals surface area contributed by atoms with E-state index in [1.807, 2.05) is 24.3 Å². The molecule has 0 fully saturated rings. The molecule has 25 heavy (non-hydrogen) atoms. The number of aromatic hydroxyl groups is 1. The van der Waals surface area contributed by atoms with Gasteiger partial charge in [0.1, 0.15) is 5.75 Å². The molecule has 0 bridgehead atoms. The summed E-state index contributed by atoms with van der Waals surface area (Å²) in [6.45, 7) is 0. The van der Waals surface area contributed by atoms with Crippen molar-refractivity contribution >= 4 is 29.1 Å². The monoisotopic (exact) mass is 384 g/mol. The molecule has 1 radical (unpaired) electrons. The number of phenolic OH excluding ortho intramolecular Hbond substituents is 1. The molecule has 0 aromatic heterocycles. The largest absolute Gasteiger partial charge is 0.506 e. The first-order valence-electron chi connectivity index (χ1n) is 7.30. The summed E-state index contributed by atoms with van der Waals surface area (Å²) in [6, 6.07) is 11.8. The third-order valence-electron chi connectivity index (χ3n) is 3.72. The zero-order chi connectivity index (χ0) is 17.1. The van der Waals surface area contributed by atoms with Crippen molar-refractivity contribution in [1.82, 2.24) is 0 Å². The molecule has 1 aliphatic rings. The summed E-state index contributed by atoms with van der Waals surface area (Å²) >= 11 is 0. The fraction of sp³-hybridized carbons (Fsp3) is 0.0526. The zero-order valence-electron chi connectivity index (χ0n) is 13.2. The fourth-order valence-electron chi connectivity index (χ4n) is 2.47. The predicted octanol–water partition coefficient (Wildman–Crippen LogP) is 3.23. The SMILES string of the molecule is COC(=O)c1ccc(O)c(N/C=C2\C(=O)C=Cc3ccccc32)c1.[Cu]. The molecule has 5 nitrogen and oxygen atoms in total. The number of carbonyl (C=O) groups excluding carboxylic acids is 2. The minimum absolute atomic E-state index is 0. The van der Waals surface area contributed by atoms with Gasteiger partial charge in [0, 0.05) is 28.8 Å². The maximum Gasteiger partial charge on any atom is 0.337 e. The van der Waals surface area contributed by atoms with Gasteiger partial charge in [-0.1, -0.05) is 30.3 Å². The molecule has 2 aromatic carbocycles. The number of hydrogen-bond acceptors (Lipinski definition) is 5. The van der Waals surface area contributed by atoms with Crippen molar-refractivity contribution in [2.45, 2.75) is 0 Å². The smallest absolute Gasteiger partial charge is 0.337 e. The van der Waals surface area contributed by atoms with Crippen LogP contribution in [-0.2, 0) is 26.6 Å². The molecule has 0 amide bonds. The molecule has 6 heteroatoms. The van der Waals surface area contributed by atoms with Gasteiger partial charge in [-0.2, -0.15) is 0 Å². The Hall–Kier alpha value is -2.82. The number of methoxy groups -OCH3 is 1. The summed E-state index contributed by atoms with van der Waals surface area (Å²) in [5, 5.41) is 12.8. The van der Waals surface area contributed by atoms with Crippen LogP contribution in [0.2, 0.25) is 0 Å². The summed E-state index contributed by atoms with van der Waals surface area (Å²) in [7, 11) is 1.29. The van der Waals surface area contributed by atoms with Gasteiger partial charge in [0.05, 0.1) is 18.4 Å². The van der Waals surface area contributed by atoms with E-state index < -0.39 is 5.97 Å². The van der Waals surface area contributed by atoms with Crippen LogP contribution in [0.4, 0.5) is 5.69 Å². The van der Waals surface area contributed by atoms with E-state index in [2.05, 4.69) is 10.1 Å². The van der Waals surface area contributed by atoms with Crippen molar-refractivity contribution in [2.24, 2.45) is 0 Å². The van der Waals surface area contributed by atoms with Crippen molar-refractivity contribution < 1.29 is 36.5 Å². The minimum Gasteiger partial charge on any atom is -0.506 e. The van der Waals surface area contributed by atoms with Crippen molar-refractivity contribution in [1.29, 1.82) is 0 Å². The number of anilines is 1. The van der Waals surface area contributed by atoms with Crippen LogP contribution in [0.5, 0.6) is 5.75 Å². The van der Waals surface area contributed by atoms with Crippen molar-refractivity contribution in [3.8, 4) is 5.75 Å². The number of allylic oxidation sites excluding steroid dienone is 2. The number of hydrogen-bond donors (Lipinski definition) is 2. The van der Waals surface area contributed by atoms with Gasteiger partial charge >= 0.3 is 5.97 Å². The maximum atomic E-state index is 12.2. The van der Waals surface area contributed by atoms with Crippen LogP contribution in [0.25, 0.3) is 11.6 Å². The van der Waals surface area contributed by atoms with E-state index in [-0.39, 0.29) is 28.6 Å². The summed E-state index contributed by atoms with van der Waals surface area (Å²) in [5.41, 5.74) is 2.84. The average Bonchev–Trinajstić information content (AvgIpc) is 2.61. The van der Waals surface area contributed by atoms with Crippen LogP contribution < -0.4 is 5.32 Å². The summed E-state index contributed by atoms with van der Waals surface area (Å²) in [4.78, 5) is 23.7. The molecule has 0 heterocycles. The fourth-order valence-corrected chi connectivity index (χ4v) is 2.47. The van der Waals surface area contributed by atoms with Crippen LogP contribution >= 0.6 is 0 Å². The van der Waals surface area contributed by atoms with Gasteiger partial charge in [-0.25, -0.2) is 4.79 Å². The van der Waals surface area contributed by atoms with Crippen LogP contribution in [0.1, 0.15) is 21.5 Å². The Balaban J connectivity index is 0.00000225. The number of nitrogens with one attached hydrogen (secondary N) is 1. The van der Waals surface area contributed by atoms with E-state index >= 15 is 0 Å². The number of benzene rings is 2. The summed E-state index contributed by atoms with van der Waals surface area (Å²) in [5.74, 6) is -0.677. The van der Waals surface area contributed by atoms with Gasteiger partial charge in [-0.05, 0) is 35.4 Å². The van der Waals surface area contributed by atoms with E-state index in [4.69, 9.17) is 0 Å². The standard InChI is InChI=1S/C19H15NO4.Cu/c1-24-19(23)13-7-9-18(22)16(10-13)20-11-15-14-5-3-2-4-12(14)6-8-17(15)21;/h2-11,20,22H,1H3;/b15-11-;. The number of fused-ring (bicyclic) bond motifs is 1. The second kappa shape index (κ2) is 7.83. The van der Waals surface area contributed by atoms with Crippen molar-refractivity contribution in [3.63, 3.8) is 0 Å². The molecule has 1 aliphatic carbocycles. The number of ether oxygens (including phenoxy) is 1. The van der Waals surface area contributed by atoms with Gasteiger partial charge in [-0.3, -0.25) is 4.79 Å². The Bertz CT molecular complexity index is 887. The van der Waals surface area contributed by atoms with Gasteiger partial charge in [-0.15, -0.1) is 0 Å². The van der Waals surface area contributed by atoms with E-state index in [1.54, 1.807) is 6.08 Å². The first kappa shape index (κ1) is 18.5. The predicted molar refractivity (Wildman–Crippen MR) is 91.5 cm³/mol. The van der Waals surface area contributed by atoms with Gasteiger partial charge < -0.3 is 15.2 Å². The summed E-state index contributed by atoms with van der Waals surface area (Å²) < 4.78 is 4.66. The normalized spacial score (nSPS) is 13.8. The average molecular weight is 385 g/mol. The van der Waals surface area contributed by atoms with Crippen LogP contribution in [-0.4, -0.2) is 24.0 Å². The molecule has 3 rings (SSSR count). The van der Waals surface area contributed by atoms with Gasteiger partial charge in [0.2, 0.25) is 0 Å². The van der Waals surface area contributed by atoms with Gasteiger partial charge in [0.15, 0.2) is 5.78 Å². The Morgan fingerprint density at radius 1 is 1.16 bits per heavy atom. The minimum atomic E-state index is -0.507. The molecule has 0 atom stereocenters. The molecule has 2 N–H and O–H groups in total. The number of carbonyl (C=O) groups is 2. The second-order valence-electron chi connectivity index (χ2n) is 5.21. The number of phenols is 1. The second-order valence-corrected chi connectivity index (χ2v) is 5.21. The van der Waals surface area contributed by atoms with E-state index in [0.717, 1.165) is 11.1 Å². The molecule has 0 spiro atoms. The third kappa shape index (κ3) is 3.82. The number of ketones is 1. The summed E-state index contributed by atoms with van der Waals surface area (Å²) in [6.07, 6.45) is 4.80. The first-order chi connectivity index (χ1) is 11.6. The molecule has 0 saturated carbocycles. The number of rotatable bonds is 3.